The molecule has 0 radical (unpaired) electrons. The summed E-state index contributed by atoms with van der Waals surface area (Å²) in [5.74, 6) is -1.69. The van der Waals surface area contributed by atoms with Crippen LogP contribution in [0.3, 0.4) is 0 Å². The maximum Gasteiger partial charge on any atom is 0.339 e. The summed E-state index contributed by atoms with van der Waals surface area (Å²) in [6.07, 6.45) is 0.594. The number of anilines is 2. The predicted molar refractivity (Wildman–Crippen MR) is 103 cm³/mol. The normalized spacial score (nSPS) is 10.8. The highest BCUT2D eigenvalue weighted by atomic mass is 32.1. The molecule has 2 aromatic rings. The Morgan fingerprint density at radius 2 is 1.96 bits per heavy atom. The van der Waals surface area contributed by atoms with Crippen LogP contribution in [0.5, 0.6) is 0 Å². The summed E-state index contributed by atoms with van der Waals surface area (Å²) in [7, 11) is 0. The van der Waals surface area contributed by atoms with Gasteiger partial charge in [0.25, 0.3) is 0 Å². The Bertz CT molecular complexity index is 839. The fourth-order valence-corrected chi connectivity index (χ4v) is 4.22. The van der Waals surface area contributed by atoms with Crippen LogP contribution in [0.15, 0.2) is 5.38 Å². The van der Waals surface area contributed by atoms with Gasteiger partial charge in [0, 0.05) is 16.2 Å². The molecule has 0 fully saturated rings. The lowest BCUT2D eigenvalue weighted by Gasteiger charge is -2.04. The molecular weight excluding hydrogens is 374 g/mol. The van der Waals surface area contributed by atoms with Crippen molar-refractivity contribution in [3.63, 3.8) is 0 Å². The highest BCUT2D eigenvalue weighted by Crippen LogP contribution is 2.33. The number of aromatic carboxylic acids is 1. The molecule has 0 spiro atoms. The number of nitrogens with one attached hydrogen (secondary N) is 2. The molecule has 0 aliphatic rings. The van der Waals surface area contributed by atoms with Crippen molar-refractivity contribution in [3.8, 4) is 0 Å². The first kappa shape index (κ1) is 20.1. The van der Waals surface area contributed by atoms with E-state index in [0.717, 1.165) is 10.4 Å². The Kier molecular flexibility index (Phi) is 6.49. The van der Waals surface area contributed by atoms with Crippen molar-refractivity contribution in [2.45, 2.75) is 40.5 Å². The fraction of sp³-hybridized carbons (Fsp3) is 0.412. The molecule has 0 aliphatic carbocycles. The first-order valence-electron chi connectivity index (χ1n) is 8.13. The van der Waals surface area contributed by atoms with E-state index in [1.807, 2.05) is 13.8 Å². The zero-order valence-electron chi connectivity index (χ0n) is 15.0. The monoisotopic (exact) mass is 395 g/mol. The topological polar surface area (TPSA) is 108 Å². The Morgan fingerprint density at radius 1 is 1.27 bits per heavy atom. The Labute approximate surface area is 159 Å². The fourth-order valence-electron chi connectivity index (χ4n) is 2.35. The maximum absolute atomic E-state index is 12.3. The van der Waals surface area contributed by atoms with Gasteiger partial charge in [-0.2, -0.15) is 0 Å². The van der Waals surface area contributed by atoms with E-state index in [-0.39, 0.29) is 29.7 Å². The number of thiazole rings is 1. The highest BCUT2D eigenvalue weighted by Gasteiger charge is 2.22. The standard InChI is InChI=1S/C17H21N3O4S2/c1-5-11-9(4)26-15(13(11)16(23)24)19-12(21)6-10-7-25-17(18-10)20-14(22)8(2)3/h7-8H,5-6H2,1-4H3,(H,19,21)(H,23,24)(H,18,20,22). The first-order chi connectivity index (χ1) is 12.2. The molecule has 9 heteroatoms. The largest absolute Gasteiger partial charge is 0.478 e. The lowest BCUT2D eigenvalue weighted by Crippen LogP contribution is -2.18. The molecule has 0 saturated carbocycles. The number of carboxylic acid groups (broad SMARTS) is 1. The van der Waals surface area contributed by atoms with Crippen LogP contribution in [0, 0.1) is 12.8 Å². The Hall–Kier alpha value is -2.26. The van der Waals surface area contributed by atoms with E-state index < -0.39 is 5.97 Å². The van der Waals surface area contributed by atoms with Gasteiger partial charge in [-0.25, -0.2) is 9.78 Å². The van der Waals surface area contributed by atoms with Gasteiger partial charge in [0.05, 0.1) is 17.7 Å². The summed E-state index contributed by atoms with van der Waals surface area (Å²) in [6, 6.07) is 0. The molecule has 0 bridgehead atoms. The van der Waals surface area contributed by atoms with E-state index in [0.29, 0.717) is 22.2 Å². The van der Waals surface area contributed by atoms with Crippen molar-refractivity contribution in [1.29, 1.82) is 0 Å². The van der Waals surface area contributed by atoms with Crippen LogP contribution in [-0.4, -0.2) is 27.9 Å². The molecule has 2 rings (SSSR count). The summed E-state index contributed by atoms with van der Waals surface area (Å²) in [6.45, 7) is 7.29. The zero-order valence-corrected chi connectivity index (χ0v) is 16.6. The van der Waals surface area contributed by atoms with Crippen LogP contribution in [-0.2, 0) is 22.4 Å². The molecule has 0 unspecified atom stereocenters. The molecule has 0 atom stereocenters. The van der Waals surface area contributed by atoms with Crippen molar-refractivity contribution in [3.05, 3.63) is 27.1 Å². The van der Waals surface area contributed by atoms with Crippen molar-refractivity contribution in [2.75, 3.05) is 10.6 Å². The van der Waals surface area contributed by atoms with Crippen LogP contribution < -0.4 is 10.6 Å². The van der Waals surface area contributed by atoms with Gasteiger partial charge in [0.15, 0.2) is 5.13 Å². The number of nitrogens with zero attached hydrogens (tertiary/aromatic N) is 1. The molecular formula is C17H21N3O4S2. The number of carbonyl (C=O) groups excluding carboxylic acids is 2. The number of aromatic nitrogens is 1. The van der Waals surface area contributed by atoms with Crippen molar-refractivity contribution >= 4 is 50.6 Å². The second kappa shape index (κ2) is 8.41. The minimum absolute atomic E-state index is 0.00547. The van der Waals surface area contributed by atoms with Crippen molar-refractivity contribution < 1.29 is 19.5 Å². The molecule has 140 valence electrons. The Balaban J connectivity index is 2.07. The van der Waals surface area contributed by atoms with Gasteiger partial charge in [-0.05, 0) is 18.9 Å². The SMILES string of the molecule is CCc1c(C)sc(NC(=O)Cc2csc(NC(=O)C(C)C)n2)c1C(=O)O. The average molecular weight is 396 g/mol. The number of rotatable bonds is 7. The third-order valence-corrected chi connectivity index (χ3v) is 5.55. The number of aryl methyl sites for hydroxylation is 1. The third kappa shape index (κ3) is 4.67. The van der Waals surface area contributed by atoms with Gasteiger partial charge in [-0.3, -0.25) is 9.59 Å². The van der Waals surface area contributed by atoms with E-state index in [9.17, 15) is 19.5 Å². The zero-order chi connectivity index (χ0) is 19.4. The van der Waals surface area contributed by atoms with E-state index >= 15 is 0 Å². The lowest BCUT2D eigenvalue weighted by atomic mass is 10.1. The van der Waals surface area contributed by atoms with Crippen LogP contribution in [0.4, 0.5) is 10.1 Å². The molecule has 26 heavy (non-hydrogen) atoms. The minimum atomic E-state index is -1.05. The molecule has 0 aliphatic heterocycles. The minimum Gasteiger partial charge on any atom is -0.478 e. The number of hydrogen-bond acceptors (Lipinski definition) is 6. The average Bonchev–Trinajstić information content (AvgIpc) is 3.10. The van der Waals surface area contributed by atoms with Gasteiger partial charge in [0.1, 0.15) is 5.00 Å². The van der Waals surface area contributed by atoms with Crippen LogP contribution in [0.25, 0.3) is 0 Å². The van der Waals surface area contributed by atoms with Crippen LogP contribution in [0.2, 0.25) is 0 Å². The lowest BCUT2D eigenvalue weighted by molar-refractivity contribution is -0.119. The summed E-state index contributed by atoms with van der Waals surface area (Å²) in [5, 5.41) is 17.3. The van der Waals surface area contributed by atoms with E-state index in [4.69, 9.17) is 0 Å². The molecule has 2 amide bonds. The summed E-state index contributed by atoms with van der Waals surface area (Å²) < 4.78 is 0. The molecule has 0 saturated heterocycles. The quantitative estimate of drug-likeness (QED) is 0.664. The molecule has 2 heterocycles. The first-order valence-corrected chi connectivity index (χ1v) is 9.83. The Morgan fingerprint density at radius 3 is 2.54 bits per heavy atom. The molecule has 2 aromatic heterocycles. The van der Waals surface area contributed by atoms with Gasteiger partial charge < -0.3 is 15.7 Å². The second-order valence-corrected chi connectivity index (χ2v) is 8.10. The summed E-state index contributed by atoms with van der Waals surface area (Å²) in [4.78, 5) is 40.6. The number of carbonyl (C=O) groups is 3. The highest BCUT2D eigenvalue weighted by molar-refractivity contribution is 7.16. The number of hydrogen-bond donors (Lipinski definition) is 3. The van der Waals surface area contributed by atoms with Gasteiger partial charge in [0.2, 0.25) is 11.8 Å². The smallest absolute Gasteiger partial charge is 0.339 e. The summed E-state index contributed by atoms with van der Waals surface area (Å²) >= 11 is 2.51. The van der Waals surface area contributed by atoms with Crippen molar-refractivity contribution in [2.24, 2.45) is 5.92 Å². The number of thiophene rings is 1. The van der Waals surface area contributed by atoms with E-state index in [1.165, 1.54) is 22.7 Å². The second-order valence-electron chi connectivity index (χ2n) is 6.01. The van der Waals surface area contributed by atoms with Crippen LogP contribution in [0.1, 0.15) is 47.3 Å². The molecule has 3 N–H and O–H groups in total. The van der Waals surface area contributed by atoms with Crippen molar-refractivity contribution in [1.82, 2.24) is 4.98 Å². The number of carboxylic acids is 1. The van der Waals surface area contributed by atoms with Gasteiger partial charge >= 0.3 is 5.97 Å². The van der Waals surface area contributed by atoms with Crippen LogP contribution >= 0.6 is 22.7 Å². The van der Waals surface area contributed by atoms with Gasteiger partial charge in [-0.1, -0.05) is 20.8 Å². The third-order valence-electron chi connectivity index (χ3n) is 3.68. The maximum atomic E-state index is 12.3. The predicted octanol–water partition coefficient (Wildman–Crippen LogP) is 3.55. The van der Waals surface area contributed by atoms with Gasteiger partial charge in [-0.15, -0.1) is 22.7 Å². The van der Waals surface area contributed by atoms with E-state index in [1.54, 1.807) is 19.2 Å². The summed E-state index contributed by atoms with van der Waals surface area (Å²) in [5.41, 5.74) is 1.42. The molecule has 0 aromatic carbocycles. The molecule has 7 nitrogen and oxygen atoms in total. The number of amides is 2. The van der Waals surface area contributed by atoms with E-state index in [2.05, 4.69) is 15.6 Å².